The molecule has 1 aromatic rings. The second-order valence-electron chi connectivity index (χ2n) is 3.76. The van der Waals surface area contributed by atoms with Gasteiger partial charge in [0.05, 0.1) is 18.1 Å². The summed E-state index contributed by atoms with van der Waals surface area (Å²) in [5.41, 5.74) is 0.697. The highest BCUT2D eigenvalue weighted by molar-refractivity contribution is 5.56. The number of anilines is 1. The summed E-state index contributed by atoms with van der Waals surface area (Å²) in [6, 6.07) is 4.61. The summed E-state index contributed by atoms with van der Waals surface area (Å²) in [5.74, 6) is 3.04. The predicted octanol–water partition coefficient (Wildman–Crippen LogP) is 2.82. The maximum absolute atomic E-state index is 10.7. The van der Waals surface area contributed by atoms with Crippen LogP contribution in [0.3, 0.4) is 0 Å². The molecule has 0 aromatic heterocycles. The van der Waals surface area contributed by atoms with Crippen molar-refractivity contribution in [2.75, 3.05) is 19.0 Å². The third-order valence-electron chi connectivity index (χ3n) is 2.41. The number of hydrogen-bond acceptors (Lipinski definition) is 4. The van der Waals surface area contributed by atoms with Crippen molar-refractivity contribution >= 4 is 11.4 Å². The summed E-state index contributed by atoms with van der Waals surface area (Å²) in [6.45, 7) is 0.728. The number of nitro benzene ring substituents is 1. The van der Waals surface area contributed by atoms with E-state index in [1.54, 1.807) is 6.07 Å². The number of rotatable bonds is 7. The molecule has 5 heteroatoms. The van der Waals surface area contributed by atoms with E-state index in [9.17, 15) is 10.1 Å². The van der Waals surface area contributed by atoms with Crippen LogP contribution in [-0.2, 0) is 0 Å². The maximum Gasteiger partial charge on any atom is 0.275 e. The van der Waals surface area contributed by atoms with Gasteiger partial charge in [0, 0.05) is 30.8 Å². The Hall–Kier alpha value is -2.22. The minimum Gasteiger partial charge on any atom is -0.496 e. The minimum absolute atomic E-state index is 0.0143. The summed E-state index contributed by atoms with van der Waals surface area (Å²) in [7, 11) is 1.48. The number of methoxy groups -OCH3 is 1. The van der Waals surface area contributed by atoms with Crippen LogP contribution in [0, 0.1) is 22.5 Å². The molecular formula is C13H16N2O3. The van der Waals surface area contributed by atoms with E-state index in [0.29, 0.717) is 11.4 Å². The third-order valence-corrected chi connectivity index (χ3v) is 2.41. The molecule has 1 N–H and O–H groups in total. The molecule has 0 unspecified atom stereocenters. The first kappa shape index (κ1) is 13.8. The maximum atomic E-state index is 10.7. The largest absolute Gasteiger partial charge is 0.496 e. The first-order valence-electron chi connectivity index (χ1n) is 5.68. The van der Waals surface area contributed by atoms with Crippen molar-refractivity contribution in [2.45, 2.75) is 19.3 Å². The molecule has 0 atom stereocenters. The summed E-state index contributed by atoms with van der Waals surface area (Å²) >= 11 is 0. The quantitative estimate of drug-likeness (QED) is 0.349. The van der Waals surface area contributed by atoms with Gasteiger partial charge in [-0.25, -0.2) is 0 Å². The zero-order valence-electron chi connectivity index (χ0n) is 10.3. The summed E-state index contributed by atoms with van der Waals surface area (Å²) in [5, 5.41) is 13.9. The molecule has 0 saturated heterocycles. The van der Waals surface area contributed by atoms with E-state index >= 15 is 0 Å². The van der Waals surface area contributed by atoms with Crippen molar-refractivity contribution < 1.29 is 9.66 Å². The summed E-state index contributed by atoms with van der Waals surface area (Å²) < 4.78 is 5.02. The van der Waals surface area contributed by atoms with Crippen molar-refractivity contribution in [1.29, 1.82) is 0 Å². The molecule has 18 heavy (non-hydrogen) atoms. The van der Waals surface area contributed by atoms with Gasteiger partial charge in [-0.2, -0.15) is 0 Å². The Kier molecular flexibility index (Phi) is 5.52. The van der Waals surface area contributed by atoms with Gasteiger partial charge in [0.1, 0.15) is 5.75 Å². The van der Waals surface area contributed by atoms with Crippen LogP contribution in [-0.4, -0.2) is 18.6 Å². The van der Waals surface area contributed by atoms with Crippen molar-refractivity contribution in [2.24, 2.45) is 0 Å². The fourth-order valence-corrected chi connectivity index (χ4v) is 1.49. The standard InChI is InChI=1S/C13H16N2O3/c1-3-4-5-6-7-14-11-8-12(15(16)17)10-13(9-11)18-2/h1,8-10,14H,4-7H2,2H3. The Morgan fingerprint density at radius 3 is 2.83 bits per heavy atom. The minimum atomic E-state index is -0.438. The van der Waals surface area contributed by atoms with Crippen LogP contribution in [0.5, 0.6) is 5.75 Å². The van der Waals surface area contributed by atoms with Gasteiger partial charge in [-0.15, -0.1) is 12.3 Å². The average Bonchev–Trinajstić information content (AvgIpc) is 2.38. The van der Waals surface area contributed by atoms with Gasteiger partial charge in [-0.3, -0.25) is 10.1 Å². The second kappa shape index (κ2) is 7.17. The average molecular weight is 248 g/mol. The molecular weight excluding hydrogens is 232 g/mol. The molecule has 0 aliphatic heterocycles. The smallest absolute Gasteiger partial charge is 0.275 e. The topological polar surface area (TPSA) is 64.4 Å². The van der Waals surface area contributed by atoms with E-state index in [1.807, 2.05) is 0 Å². The van der Waals surface area contributed by atoms with E-state index in [2.05, 4.69) is 11.2 Å². The van der Waals surface area contributed by atoms with Crippen LogP contribution in [0.25, 0.3) is 0 Å². The van der Waals surface area contributed by atoms with Crippen LogP contribution < -0.4 is 10.1 Å². The first-order valence-corrected chi connectivity index (χ1v) is 5.68. The first-order chi connectivity index (χ1) is 8.67. The summed E-state index contributed by atoms with van der Waals surface area (Å²) in [6.07, 6.45) is 7.77. The highest BCUT2D eigenvalue weighted by Crippen LogP contribution is 2.25. The van der Waals surface area contributed by atoms with E-state index in [4.69, 9.17) is 11.2 Å². The van der Waals surface area contributed by atoms with E-state index in [-0.39, 0.29) is 5.69 Å². The number of hydrogen-bond donors (Lipinski definition) is 1. The molecule has 0 heterocycles. The van der Waals surface area contributed by atoms with Crippen molar-refractivity contribution in [3.05, 3.63) is 28.3 Å². The zero-order chi connectivity index (χ0) is 13.4. The van der Waals surface area contributed by atoms with Gasteiger partial charge >= 0.3 is 0 Å². The second-order valence-corrected chi connectivity index (χ2v) is 3.76. The number of nitrogens with one attached hydrogen (secondary N) is 1. The van der Waals surface area contributed by atoms with Gasteiger partial charge in [0.25, 0.3) is 5.69 Å². The number of ether oxygens (including phenoxy) is 1. The van der Waals surface area contributed by atoms with Gasteiger partial charge in [0.15, 0.2) is 0 Å². The SMILES string of the molecule is C#CCCCCNc1cc(OC)cc([N+](=O)[O-])c1. The predicted molar refractivity (Wildman–Crippen MR) is 70.8 cm³/mol. The lowest BCUT2D eigenvalue weighted by atomic mass is 10.2. The van der Waals surface area contributed by atoms with Crippen LogP contribution in [0.1, 0.15) is 19.3 Å². The number of terminal acetylenes is 1. The van der Waals surface area contributed by atoms with Gasteiger partial charge in [-0.05, 0) is 12.8 Å². The molecule has 1 rings (SSSR count). The normalized spacial score (nSPS) is 9.56. The molecule has 96 valence electrons. The lowest BCUT2D eigenvalue weighted by Gasteiger charge is -2.07. The van der Waals surface area contributed by atoms with Crippen LogP contribution in [0.4, 0.5) is 11.4 Å². The molecule has 0 bridgehead atoms. The van der Waals surface area contributed by atoms with Crippen LogP contribution >= 0.6 is 0 Å². The van der Waals surface area contributed by atoms with E-state index in [1.165, 1.54) is 19.2 Å². The van der Waals surface area contributed by atoms with Crippen molar-refractivity contribution in [3.63, 3.8) is 0 Å². The number of non-ortho nitro benzene ring substituents is 1. The fourth-order valence-electron chi connectivity index (χ4n) is 1.49. The van der Waals surface area contributed by atoms with E-state index in [0.717, 1.165) is 25.8 Å². The monoisotopic (exact) mass is 248 g/mol. The third kappa shape index (κ3) is 4.34. The molecule has 0 saturated carbocycles. The Balaban J connectivity index is 2.62. The molecule has 0 radical (unpaired) electrons. The van der Waals surface area contributed by atoms with Crippen molar-refractivity contribution in [3.8, 4) is 18.1 Å². The Bertz CT molecular complexity index is 452. The Morgan fingerprint density at radius 1 is 1.44 bits per heavy atom. The molecule has 5 nitrogen and oxygen atoms in total. The molecule has 0 spiro atoms. The molecule has 0 fully saturated rings. The van der Waals surface area contributed by atoms with E-state index < -0.39 is 4.92 Å². The number of benzene rings is 1. The van der Waals surface area contributed by atoms with Gasteiger partial charge < -0.3 is 10.1 Å². The zero-order valence-corrected chi connectivity index (χ0v) is 10.3. The van der Waals surface area contributed by atoms with Gasteiger partial charge in [0.2, 0.25) is 0 Å². The highest BCUT2D eigenvalue weighted by atomic mass is 16.6. The van der Waals surface area contributed by atoms with Crippen LogP contribution in [0.15, 0.2) is 18.2 Å². The van der Waals surface area contributed by atoms with Crippen molar-refractivity contribution in [1.82, 2.24) is 0 Å². The lowest BCUT2D eigenvalue weighted by molar-refractivity contribution is -0.384. The highest BCUT2D eigenvalue weighted by Gasteiger charge is 2.09. The molecule has 0 aliphatic rings. The summed E-state index contributed by atoms with van der Waals surface area (Å²) in [4.78, 5) is 10.3. The Morgan fingerprint density at radius 2 is 2.22 bits per heavy atom. The molecule has 1 aromatic carbocycles. The molecule has 0 aliphatic carbocycles. The lowest BCUT2D eigenvalue weighted by Crippen LogP contribution is -2.02. The number of nitro groups is 1. The van der Waals surface area contributed by atoms with Gasteiger partial charge in [-0.1, -0.05) is 0 Å². The number of nitrogens with zero attached hydrogens (tertiary/aromatic N) is 1. The molecule has 0 amide bonds. The van der Waals surface area contributed by atoms with Crippen LogP contribution in [0.2, 0.25) is 0 Å². The Labute approximate surface area is 106 Å². The number of unbranched alkanes of at least 4 members (excludes halogenated alkanes) is 2. The fraction of sp³-hybridized carbons (Fsp3) is 0.385.